The Kier molecular flexibility index (Phi) is 16.3. The van der Waals surface area contributed by atoms with E-state index in [1.54, 1.807) is 0 Å². The SMILES string of the molecule is CC1(C)CC[C@]2(C(=O)O[C@@H]3O[C@H](CO[C@@H]4O[C@H](CO)[C@@H](O)[C@H](O)[C@H]4O)[C@@H](O)[C@H](O)[C@H]3O)CC[C@]3(C)C(=CC[C@@H]4[C@@]5(C)CC[C@@H](O[C@@H]6OC[C@H](O)[C@H](O)[C@H]6O[C@@H]6O[C@H](CO)[C@@H](O)[C@H](O)[C@H]6O)C(C)(C)[C@H]5CC[C@]43C)[C@H]2C1. The van der Waals surface area contributed by atoms with Crippen LogP contribution in [0.15, 0.2) is 11.6 Å². The van der Waals surface area contributed by atoms with E-state index in [9.17, 15) is 66.4 Å². The van der Waals surface area contributed by atoms with Crippen molar-refractivity contribution < 1.29 is 109 Å². The maximum Gasteiger partial charge on any atom is 0.315 e. The number of allylic oxidation sites excluding steroid dienone is 2. The molecule has 4 saturated heterocycles. The first-order chi connectivity index (χ1) is 35.1. The second-order valence-electron chi connectivity index (χ2n) is 25.9. The van der Waals surface area contributed by atoms with Gasteiger partial charge in [0.05, 0.1) is 37.9 Å². The summed E-state index contributed by atoms with van der Waals surface area (Å²) in [7, 11) is 0. The number of carbonyl (C=O) groups is 1. The van der Waals surface area contributed by atoms with E-state index in [1.165, 1.54) is 5.57 Å². The molecule has 430 valence electrons. The molecule has 0 spiro atoms. The number of aliphatic hydroxyl groups is 13. The summed E-state index contributed by atoms with van der Waals surface area (Å²) in [6.45, 7) is 13.8. The molecule has 0 amide bonds. The van der Waals surface area contributed by atoms with E-state index in [0.717, 1.165) is 32.1 Å². The van der Waals surface area contributed by atoms with Crippen molar-refractivity contribution in [2.24, 2.45) is 50.2 Å². The van der Waals surface area contributed by atoms with Crippen LogP contribution >= 0.6 is 0 Å². The lowest BCUT2D eigenvalue weighted by molar-refractivity contribution is -0.367. The summed E-state index contributed by atoms with van der Waals surface area (Å²) in [6.07, 6.45) is -20.8. The Balaban J connectivity index is 0.920. The zero-order chi connectivity index (χ0) is 54.7. The predicted molar refractivity (Wildman–Crippen MR) is 257 cm³/mol. The quantitative estimate of drug-likeness (QED) is 0.0643. The van der Waals surface area contributed by atoms with Gasteiger partial charge in [0.1, 0.15) is 91.6 Å². The van der Waals surface area contributed by atoms with Crippen LogP contribution in [0, 0.1) is 50.2 Å². The molecule has 22 heteroatoms. The molecule has 0 aromatic carbocycles. The molecular formula is C53H86O22. The van der Waals surface area contributed by atoms with Gasteiger partial charge in [0.25, 0.3) is 0 Å². The van der Waals surface area contributed by atoms with E-state index in [0.29, 0.717) is 32.1 Å². The number of hydrogen-bond acceptors (Lipinski definition) is 22. The minimum atomic E-state index is -1.83. The van der Waals surface area contributed by atoms with Gasteiger partial charge in [-0.25, -0.2) is 0 Å². The Morgan fingerprint density at radius 3 is 1.81 bits per heavy atom. The van der Waals surface area contributed by atoms with Gasteiger partial charge in [-0.15, -0.1) is 0 Å². The smallest absolute Gasteiger partial charge is 0.315 e. The number of carbonyl (C=O) groups excluding carboxylic acids is 1. The number of hydrogen-bond donors (Lipinski definition) is 13. The molecular weight excluding hydrogens is 989 g/mol. The first kappa shape index (κ1) is 58.1. The molecule has 13 N–H and O–H groups in total. The Morgan fingerprint density at radius 1 is 0.600 bits per heavy atom. The molecule has 22 nitrogen and oxygen atoms in total. The van der Waals surface area contributed by atoms with E-state index in [-0.39, 0.29) is 46.0 Å². The minimum Gasteiger partial charge on any atom is -0.432 e. The van der Waals surface area contributed by atoms with Gasteiger partial charge in [-0.3, -0.25) is 4.79 Å². The third-order valence-electron chi connectivity index (χ3n) is 21.0. The van der Waals surface area contributed by atoms with Crippen molar-refractivity contribution in [2.75, 3.05) is 26.4 Å². The van der Waals surface area contributed by atoms with Gasteiger partial charge in [0.2, 0.25) is 6.29 Å². The lowest BCUT2D eigenvalue weighted by Crippen LogP contribution is -2.66. The number of ether oxygens (including phenoxy) is 8. The highest BCUT2D eigenvalue weighted by Crippen LogP contribution is 2.76. The largest absolute Gasteiger partial charge is 0.432 e. The summed E-state index contributed by atoms with van der Waals surface area (Å²) in [5.74, 6) is -0.391. The van der Waals surface area contributed by atoms with E-state index in [4.69, 9.17) is 37.9 Å². The highest BCUT2D eigenvalue weighted by Gasteiger charge is 2.70. The van der Waals surface area contributed by atoms with Crippen molar-refractivity contribution in [3.05, 3.63) is 11.6 Å². The third kappa shape index (κ3) is 9.60. The maximum atomic E-state index is 15.1. The van der Waals surface area contributed by atoms with Crippen LogP contribution in [0.25, 0.3) is 0 Å². The van der Waals surface area contributed by atoms with Crippen LogP contribution in [0.2, 0.25) is 0 Å². The maximum absolute atomic E-state index is 15.1. The van der Waals surface area contributed by atoms with Gasteiger partial charge in [-0.1, -0.05) is 60.1 Å². The second-order valence-corrected chi connectivity index (χ2v) is 25.9. The number of fused-ring (bicyclic) bond motifs is 7. The first-order valence-corrected chi connectivity index (χ1v) is 27.2. The van der Waals surface area contributed by atoms with E-state index in [1.807, 2.05) is 0 Å². The molecule has 0 aromatic heterocycles. The molecule has 4 aliphatic heterocycles. The zero-order valence-corrected chi connectivity index (χ0v) is 44.2. The van der Waals surface area contributed by atoms with Crippen molar-refractivity contribution in [1.29, 1.82) is 0 Å². The molecule has 0 radical (unpaired) electrons. The van der Waals surface area contributed by atoms with E-state index < -0.39 is 159 Å². The van der Waals surface area contributed by atoms with Crippen LogP contribution in [0.5, 0.6) is 0 Å². The summed E-state index contributed by atoms with van der Waals surface area (Å²) in [5.41, 5.74) is -1.01. The molecule has 9 aliphatic rings. The summed E-state index contributed by atoms with van der Waals surface area (Å²) in [4.78, 5) is 15.1. The zero-order valence-electron chi connectivity index (χ0n) is 44.2. The molecule has 0 unspecified atom stereocenters. The van der Waals surface area contributed by atoms with Gasteiger partial charge in [0.15, 0.2) is 18.9 Å². The third-order valence-corrected chi connectivity index (χ3v) is 21.0. The summed E-state index contributed by atoms with van der Waals surface area (Å²) in [5, 5.41) is 137. The van der Waals surface area contributed by atoms with Gasteiger partial charge in [-0.2, -0.15) is 0 Å². The molecule has 4 saturated carbocycles. The first-order valence-electron chi connectivity index (χ1n) is 27.2. The van der Waals surface area contributed by atoms with Gasteiger partial charge in [-0.05, 0) is 109 Å². The monoisotopic (exact) mass is 1070 g/mol. The van der Waals surface area contributed by atoms with Crippen molar-refractivity contribution in [2.45, 2.75) is 235 Å². The minimum absolute atomic E-state index is 0.125. The molecule has 8 fully saturated rings. The van der Waals surface area contributed by atoms with Crippen molar-refractivity contribution in [1.82, 2.24) is 0 Å². The van der Waals surface area contributed by atoms with Crippen LogP contribution in [0.3, 0.4) is 0 Å². The molecule has 0 bridgehead atoms. The Hall–Kier alpha value is -1.59. The number of rotatable bonds is 11. The van der Waals surface area contributed by atoms with E-state index in [2.05, 4.69) is 54.5 Å². The summed E-state index contributed by atoms with van der Waals surface area (Å²) >= 11 is 0. The summed E-state index contributed by atoms with van der Waals surface area (Å²) in [6, 6.07) is 0. The van der Waals surface area contributed by atoms with Crippen LogP contribution in [-0.4, -0.2) is 222 Å². The molecule has 27 atom stereocenters. The van der Waals surface area contributed by atoms with Crippen LogP contribution in [0.4, 0.5) is 0 Å². The Labute approximate surface area is 437 Å². The summed E-state index contributed by atoms with van der Waals surface area (Å²) < 4.78 is 47.6. The molecule has 5 aliphatic carbocycles. The number of esters is 1. The van der Waals surface area contributed by atoms with Crippen molar-refractivity contribution in [3.8, 4) is 0 Å². The van der Waals surface area contributed by atoms with Gasteiger partial charge < -0.3 is 104 Å². The molecule has 0 aromatic rings. The fourth-order valence-corrected chi connectivity index (χ4v) is 16.1. The lowest BCUT2D eigenvalue weighted by Gasteiger charge is -2.71. The Bertz CT molecular complexity index is 2060. The highest BCUT2D eigenvalue weighted by atomic mass is 16.8. The van der Waals surface area contributed by atoms with Crippen LogP contribution < -0.4 is 0 Å². The van der Waals surface area contributed by atoms with Crippen molar-refractivity contribution >= 4 is 5.97 Å². The van der Waals surface area contributed by atoms with Gasteiger partial charge in [0, 0.05) is 0 Å². The Morgan fingerprint density at radius 2 is 1.17 bits per heavy atom. The number of aliphatic hydroxyl groups excluding tert-OH is 13. The second kappa shape index (κ2) is 21.1. The van der Waals surface area contributed by atoms with Crippen LogP contribution in [0.1, 0.15) is 113 Å². The average molecular weight is 1080 g/mol. The topological polar surface area (TPSA) is 354 Å². The predicted octanol–water partition coefficient (Wildman–Crippen LogP) is -1.40. The van der Waals surface area contributed by atoms with Gasteiger partial charge >= 0.3 is 5.97 Å². The molecule has 4 heterocycles. The fraction of sp³-hybridized carbons (Fsp3) is 0.943. The fourth-order valence-electron chi connectivity index (χ4n) is 16.1. The normalized spacial score (nSPS) is 53.5. The van der Waals surface area contributed by atoms with Crippen molar-refractivity contribution in [3.63, 3.8) is 0 Å². The average Bonchev–Trinajstić information content (AvgIpc) is 3.36. The highest BCUT2D eigenvalue weighted by molar-refractivity contribution is 5.79. The van der Waals surface area contributed by atoms with Crippen LogP contribution in [-0.2, 0) is 42.7 Å². The van der Waals surface area contributed by atoms with E-state index >= 15 is 4.79 Å². The lowest BCUT2D eigenvalue weighted by atomic mass is 9.33. The molecule has 9 rings (SSSR count). The standard InChI is InChI=1S/C53H86O22/c1-48(2)14-16-53(47(67)75-45-41(66)38(63)35(60)28(72-45)22-69-43-39(64)36(61)33(58)26(19-54)70-43)17-15-51(6)23(24(53)18-48)8-9-30-50(5)12-11-31(49(3,4)29(50)10-13-52(30,51)7)73-46-42(32(57)25(56)21-68-46)74-44-40(65)37(62)34(59)27(20-55)71-44/h8,24-46,54-66H,9-22H2,1-7H3/t24-,25+,26-,27-,28-,29-,30-,31-,32+,33-,34-,35-,36+,37+,38+,39-,40-,41-,42-,43-,44+,45+,46+,50+,51-,52-,53+/m1/s1. The molecule has 75 heavy (non-hydrogen) atoms.